The Balaban J connectivity index is 2.53. The topological polar surface area (TPSA) is 88.6 Å². The van der Waals surface area contributed by atoms with Gasteiger partial charge >= 0.3 is 5.97 Å². The van der Waals surface area contributed by atoms with Crippen LogP contribution in [0.3, 0.4) is 0 Å². The van der Waals surface area contributed by atoms with Crippen molar-refractivity contribution >= 4 is 11.7 Å². The molecule has 0 radical (unpaired) electrons. The minimum absolute atomic E-state index is 0.0211. The first-order valence-electron chi connectivity index (χ1n) is 8.21. The lowest BCUT2D eigenvalue weighted by Gasteiger charge is -2.27. The van der Waals surface area contributed by atoms with E-state index in [0.29, 0.717) is 11.3 Å². The number of hydrogen-bond donors (Lipinski definition) is 1. The molecule has 1 aliphatic heterocycles. The minimum atomic E-state index is -0.598. The number of carbonyl (C=O) groups is 1. The lowest BCUT2D eigenvalue weighted by atomic mass is 9.83. The van der Waals surface area contributed by atoms with Crippen LogP contribution in [0.25, 0.3) is 0 Å². The molecule has 1 unspecified atom stereocenters. The normalized spacial score (nSPS) is 17.0. The van der Waals surface area contributed by atoms with Crippen molar-refractivity contribution in [3.8, 4) is 6.07 Å². The average Bonchev–Trinajstić information content (AvgIpc) is 2.60. The first-order chi connectivity index (χ1) is 11.9. The van der Waals surface area contributed by atoms with Gasteiger partial charge in [0.25, 0.3) is 0 Å². The highest BCUT2D eigenvalue weighted by molar-refractivity contribution is 5.92. The van der Waals surface area contributed by atoms with Gasteiger partial charge in [-0.1, -0.05) is 12.1 Å². The molecule has 1 heterocycles. The Morgan fingerprint density at radius 3 is 2.52 bits per heavy atom. The molecule has 2 N–H and O–H groups in total. The molecular formula is C19H23N3O3. The second-order valence-corrected chi connectivity index (χ2v) is 5.72. The van der Waals surface area contributed by atoms with Crippen molar-refractivity contribution in [3.63, 3.8) is 0 Å². The molecule has 0 bridgehead atoms. The van der Waals surface area contributed by atoms with Crippen LogP contribution in [-0.4, -0.2) is 26.2 Å². The predicted molar refractivity (Wildman–Crippen MR) is 95.4 cm³/mol. The molecule has 0 spiro atoms. The molecule has 0 fully saturated rings. The predicted octanol–water partition coefficient (Wildman–Crippen LogP) is 2.79. The van der Waals surface area contributed by atoms with Crippen molar-refractivity contribution in [2.24, 2.45) is 5.73 Å². The van der Waals surface area contributed by atoms with Gasteiger partial charge in [0.2, 0.25) is 5.88 Å². The number of allylic oxidation sites excluding steroid dienone is 2. The van der Waals surface area contributed by atoms with Gasteiger partial charge in [-0.3, -0.25) is 0 Å². The van der Waals surface area contributed by atoms with Gasteiger partial charge in [0.15, 0.2) is 0 Å². The number of benzene rings is 1. The largest absolute Gasteiger partial charge is 0.463 e. The highest BCUT2D eigenvalue weighted by Crippen LogP contribution is 2.39. The zero-order chi connectivity index (χ0) is 18.6. The van der Waals surface area contributed by atoms with Gasteiger partial charge < -0.3 is 20.1 Å². The highest BCUT2D eigenvalue weighted by atomic mass is 16.5. The zero-order valence-electron chi connectivity index (χ0n) is 15.0. The Morgan fingerprint density at radius 2 is 2.00 bits per heavy atom. The van der Waals surface area contributed by atoms with Crippen LogP contribution in [-0.2, 0) is 14.3 Å². The van der Waals surface area contributed by atoms with Crippen LogP contribution in [0.5, 0.6) is 0 Å². The van der Waals surface area contributed by atoms with Gasteiger partial charge in [0, 0.05) is 19.3 Å². The van der Waals surface area contributed by atoms with Crippen LogP contribution >= 0.6 is 0 Å². The molecule has 1 aliphatic rings. The number of nitrogens with two attached hydrogens (primary N) is 1. The molecule has 2 rings (SSSR count). The first kappa shape index (κ1) is 18.4. The summed E-state index contributed by atoms with van der Waals surface area (Å²) < 4.78 is 10.6. The van der Waals surface area contributed by atoms with Gasteiger partial charge in [-0.05, 0) is 38.5 Å². The van der Waals surface area contributed by atoms with E-state index in [-0.39, 0.29) is 18.1 Å². The van der Waals surface area contributed by atoms with E-state index in [0.717, 1.165) is 17.8 Å². The molecule has 1 aromatic carbocycles. The van der Waals surface area contributed by atoms with Gasteiger partial charge in [-0.2, -0.15) is 5.26 Å². The standard InChI is InChI=1S/C19H23N3O3/c1-5-22(4)14-9-7-13(8-10-14)17-15(11-20)18(21)25-12(3)16(17)19(23)24-6-2/h7-10,17H,5-6,21H2,1-4H3. The van der Waals surface area contributed by atoms with Crippen molar-refractivity contribution in [1.29, 1.82) is 5.26 Å². The van der Waals surface area contributed by atoms with Crippen molar-refractivity contribution in [2.75, 3.05) is 25.1 Å². The Hall–Kier alpha value is -2.94. The molecule has 0 aromatic heterocycles. The fourth-order valence-electron chi connectivity index (χ4n) is 2.79. The molecule has 132 valence electrons. The van der Waals surface area contributed by atoms with Crippen molar-refractivity contribution in [3.05, 3.63) is 52.6 Å². The fraction of sp³-hybridized carbons (Fsp3) is 0.368. The van der Waals surface area contributed by atoms with Crippen LogP contribution in [0, 0.1) is 11.3 Å². The number of rotatable bonds is 5. The molecule has 0 saturated carbocycles. The lowest BCUT2D eigenvalue weighted by Crippen LogP contribution is -2.25. The molecule has 0 aliphatic carbocycles. The molecular weight excluding hydrogens is 318 g/mol. The summed E-state index contributed by atoms with van der Waals surface area (Å²) in [5.41, 5.74) is 8.25. The molecule has 1 aromatic rings. The Morgan fingerprint density at radius 1 is 1.36 bits per heavy atom. The van der Waals surface area contributed by atoms with Crippen LogP contribution in [0.15, 0.2) is 47.1 Å². The van der Waals surface area contributed by atoms with Gasteiger partial charge in [-0.15, -0.1) is 0 Å². The molecule has 6 nitrogen and oxygen atoms in total. The summed E-state index contributed by atoms with van der Waals surface area (Å²) in [6.45, 7) is 6.56. The van der Waals surface area contributed by atoms with Crippen LogP contribution in [0.1, 0.15) is 32.3 Å². The van der Waals surface area contributed by atoms with E-state index in [1.807, 2.05) is 31.3 Å². The molecule has 0 amide bonds. The summed E-state index contributed by atoms with van der Waals surface area (Å²) in [5, 5.41) is 9.54. The summed E-state index contributed by atoms with van der Waals surface area (Å²) in [5.74, 6) is -0.721. The first-order valence-corrected chi connectivity index (χ1v) is 8.21. The Bertz CT molecular complexity index is 757. The summed E-state index contributed by atoms with van der Waals surface area (Å²) in [6, 6.07) is 9.78. The maximum Gasteiger partial charge on any atom is 0.338 e. The zero-order valence-corrected chi connectivity index (χ0v) is 15.0. The van der Waals surface area contributed by atoms with Crippen LogP contribution < -0.4 is 10.6 Å². The Kier molecular flexibility index (Phi) is 5.71. The SMILES string of the molecule is CCOC(=O)C1=C(C)OC(N)=C(C#N)C1c1ccc(N(C)CC)cc1. The second-order valence-electron chi connectivity index (χ2n) is 5.72. The van der Waals surface area contributed by atoms with Crippen LogP contribution in [0.4, 0.5) is 5.69 Å². The minimum Gasteiger partial charge on any atom is -0.463 e. The van der Waals surface area contributed by atoms with Gasteiger partial charge in [0.1, 0.15) is 17.4 Å². The number of nitriles is 1. The van der Waals surface area contributed by atoms with Crippen molar-refractivity contribution in [2.45, 2.75) is 26.7 Å². The van der Waals surface area contributed by atoms with E-state index in [4.69, 9.17) is 15.2 Å². The average molecular weight is 341 g/mol. The smallest absolute Gasteiger partial charge is 0.338 e. The summed E-state index contributed by atoms with van der Waals surface area (Å²) >= 11 is 0. The number of esters is 1. The lowest BCUT2D eigenvalue weighted by molar-refractivity contribution is -0.139. The number of carbonyl (C=O) groups excluding carboxylic acids is 1. The number of nitrogens with zero attached hydrogens (tertiary/aromatic N) is 2. The molecule has 1 atom stereocenters. The van der Waals surface area contributed by atoms with E-state index >= 15 is 0 Å². The van der Waals surface area contributed by atoms with Crippen LogP contribution in [0.2, 0.25) is 0 Å². The number of anilines is 1. The highest BCUT2D eigenvalue weighted by Gasteiger charge is 2.36. The van der Waals surface area contributed by atoms with E-state index in [9.17, 15) is 10.1 Å². The monoisotopic (exact) mass is 341 g/mol. The maximum atomic E-state index is 12.4. The van der Waals surface area contributed by atoms with Gasteiger partial charge in [-0.25, -0.2) is 4.79 Å². The summed E-state index contributed by atoms with van der Waals surface area (Å²) in [4.78, 5) is 14.5. The second kappa shape index (κ2) is 7.75. The Labute approximate surface area is 148 Å². The number of ether oxygens (including phenoxy) is 2. The summed E-state index contributed by atoms with van der Waals surface area (Å²) in [6.07, 6.45) is 0. The summed E-state index contributed by atoms with van der Waals surface area (Å²) in [7, 11) is 2.00. The number of hydrogen-bond acceptors (Lipinski definition) is 6. The van der Waals surface area contributed by atoms with Crippen molar-refractivity contribution in [1.82, 2.24) is 0 Å². The fourth-order valence-corrected chi connectivity index (χ4v) is 2.79. The molecule has 0 saturated heterocycles. The van der Waals surface area contributed by atoms with E-state index in [1.54, 1.807) is 13.8 Å². The van der Waals surface area contributed by atoms with E-state index in [2.05, 4.69) is 17.9 Å². The third-order valence-electron chi connectivity index (χ3n) is 4.24. The van der Waals surface area contributed by atoms with Crippen molar-refractivity contribution < 1.29 is 14.3 Å². The molecule has 6 heteroatoms. The van der Waals surface area contributed by atoms with E-state index in [1.165, 1.54) is 0 Å². The molecule has 25 heavy (non-hydrogen) atoms. The third-order valence-corrected chi connectivity index (χ3v) is 4.24. The third kappa shape index (κ3) is 3.61. The quantitative estimate of drug-likeness (QED) is 0.829. The van der Waals surface area contributed by atoms with E-state index < -0.39 is 11.9 Å². The maximum absolute atomic E-state index is 12.4. The van der Waals surface area contributed by atoms with Gasteiger partial charge in [0.05, 0.1) is 18.1 Å².